The van der Waals surface area contributed by atoms with E-state index in [0.29, 0.717) is 16.3 Å². The molecule has 0 fully saturated rings. The topological polar surface area (TPSA) is 81.6 Å². The van der Waals surface area contributed by atoms with Crippen LogP contribution in [0.25, 0.3) is 0 Å². The molecule has 0 aromatic heterocycles. The van der Waals surface area contributed by atoms with E-state index in [9.17, 15) is 4.79 Å². The molecular weight excluding hydrogens is 214 g/mol. The Bertz CT molecular complexity index is 395. The van der Waals surface area contributed by atoms with E-state index < -0.39 is 5.91 Å². The first-order valence-electron chi connectivity index (χ1n) is 4.09. The lowest BCUT2D eigenvalue weighted by Gasteiger charge is -2.14. The lowest BCUT2D eigenvalue weighted by Crippen LogP contribution is -2.45. The Morgan fingerprint density at radius 1 is 1.53 bits per heavy atom. The van der Waals surface area contributed by atoms with Gasteiger partial charge < -0.3 is 10.5 Å². The molecule has 4 N–H and O–H groups in total. The summed E-state index contributed by atoms with van der Waals surface area (Å²) in [6, 6.07) is 6.56. The maximum Gasteiger partial charge on any atom is 0.274 e. The van der Waals surface area contributed by atoms with E-state index in [1.54, 1.807) is 24.3 Å². The Kier molecular flexibility index (Phi) is 3.59. The van der Waals surface area contributed by atoms with Crippen LogP contribution in [-0.4, -0.2) is 23.1 Å². The molecule has 0 aliphatic carbocycles. The monoisotopic (exact) mass is 225 g/mol. The molecule has 0 atom stereocenters. The van der Waals surface area contributed by atoms with Crippen molar-refractivity contribution in [2.45, 2.75) is 0 Å². The van der Waals surface area contributed by atoms with Gasteiger partial charge in [0.2, 0.25) is 0 Å². The fourth-order valence-electron chi connectivity index (χ4n) is 0.995. The van der Waals surface area contributed by atoms with Crippen LogP contribution in [0.5, 0.6) is 5.75 Å². The maximum atomic E-state index is 11.6. The van der Waals surface area contributed by atoms with Crippen LogP contribution >= 0.6 is 12.2 Å². The van der Waals surface area contributed by atoms with E-state index in [0.717, 1.165) is 0 Å². The Morgan fingerprint density at radius 3 is 2.73 bits per heavy atom. The summed E-state index contributed by atoms with van der Waals surface area (Å²) in [4.78, 5) is 11.6. The number of hydrazine groups is 1. The van der Waals surface area contributed by atoms with Crippen LogP contribution in [0.1, 0.15) is 10.4 Å². The molecule has 0 aliphatic heterocycles. The van der Waals surface area contributed by atoms with Crippen molar-refractivity contribution < 1.29 is 9.53 Å². The highest BCUT2D eigenvalue weighted by atomic mass is 32.1. The third-order valence-corrected chi connectivity index (χ3v) is 1.97. The quantitative estimate of drug-likeness (QED) is 0.326. The SMILES string of the molecule is COc1cccc(C(=O)N(N)C(N)=S)c1. The predicted octanol–water partition coefficient (Wildman–Crippen LogP) is 0.255. The minimum atomic E-state index is -0.471. The van der Waals surface area contributed by atoms with Crippen molar-refractivity contribution in [3.05, 3.63) is 29.8 Å². The van der Waals surface area contributed by atoms with E-state index in [2.05, 4.69) is 12.2 Å². The normalized spacial score (nSPS) is 9.47. The lowest BCUT2D eigenvalue weighted by molar-refractivity contribution is 0.0848. The van der Waals surface area contributed by atoms with Gasteiger partial charge in [-0.05, 0) is 30.4 Å². The summed E-state index contributed by atoms with van der Waals surface area (Å²) in [5.74, 6) is 5.46. The van der Waals surface area contributed by atoms with Gasteiger partial charge in [0.25, 0.3) is 5.91 Å². The van der Waals surface area contributed by atoms with Gasteiger partial charge in [-0.2, -0.15) is 0 Å². The number of hydrogen-bond donors (Lipinski definition) is 2. The number of nitrogens with two attached hydrogens (primary N) is 2. The van der Waals surface area contributed by atoms with Crippen molar-refractivity contribution in [2.24, 2.45) is 11.6 Å². The zero-order valence-corrected chi connectivity index (χ0v) is 8.95. The number of carbonyl (C=O) groups is 1. The van der Waals surface area contributed by atoms with Gasteiger partial charge in [-0.3, -0.25) is 4.79 Å². The molecule has 15 heavy (non-hydrogen) atoms. The smallest absolute Gasteiger partial charge is 0.274 e. The predicted molar refractivity (Wildman–Crippen MR) is 60.1 cm³/mol. The first kappa shape index (κ1) is 11.4. The van der Waals surface area contributed by atoms with Gasteiger partial charge in [0, 0.05) is 5.56 Å². The molecule has 1 amide bonds. The van der Waals surface area contributed by atoms with Crippen molar-refractivity contribution in [1.29, 1.82) is 0 Å². The van der Waals surface area contributed by atoms with Gasteiger partial charge in [0.15, 0.2) is 5.11 Å². The summed E-state index contributed by atoms with van der Waals surface area (Å²) in [6.45, 7) is 0. The number of rotatable bonds is 2. The van der Waals surface area contributed by atoms with Crippen molar-refractivity contribution >= 4 is 23.2 Å². The van der Waals surface area contributed by atoms with Crippen LogP contribution in [0.4, 0.5) is 0 Å². The zero-order chi connectivity index (χ0) is 11.4. The Hall–Kier alpha value is -1.66. The molecule has 0 radical (unpaired) electrons. The maximum absolute atomic E-state index is 11.6. The molecular formula is C9H11N3O2S. The standard InChI is InChI=1S/C9H11N3O2S/c1-14-7-4-2-3-6(5-7)8(13)12(11)9(10)15/h2-5H,11H2,1H3,(H2,10,15). The molecule has 0 saturated heterocycles. The molecule has 1 rings (SSSR count). The van der Waals surface area contributed by atoms with E-state index in [1.165, 1.54) is 7.11 Å². The van der Waals surface area contributed by atoms with Gasteiger partial charge in [-0.15, -0.1) is 0 Å². The second-order valence-electron chi connectivity index (χ2n) is 2.75. The Balaban J connectivity index is 2.96. The molecule has 6 heteroatoms. The summed E-state index contributed by atoms with van der Waals surface area (Å²) in [5.41, 5.74) is 5.59. The van der Waals surface area contributed by atoms with E-state index in [-0.39, 0.29) is 5.11 Å². The highest BCUT2D eigenvalue weighted by molar-refractivity contribution is 7.80. The fraction of sp³-hybridized carbons (Fsp3) is 0.111. The first-order chi connectivity index (χ1) is 7.06. The average molecular weight is 225 g/mol. The number of hydrogen-bond acceptors (Lipinski definition) is 4. The molecule has 0 bridgehead atoms. The number of thiocarbonyl (C=S) groups is 1. The lowest BCUT2D eigenvalue weighted by atomic mass is 10.2. The fourth-order valence-corrected chi connectivity index (χ4v) is 1.08. The zero-order valence-electron chi connectivity index (χ0n) is 8.14. The molecule has 0 heterocycles. The number of benzene rings is 1. The first-order valence-corrected chi connectivity index (χ1v) is 4.49. The highest BCUT2D eigenvalue weighted by Crippen LogP contribution is 2.13. The third kappa shape index (κ3) is 2.64. The largest absolute Gasteiger partial charge is 0.497 e. The Labute approximate surface area is 92.6 Å². The summed E-state index contributed by atoms with van der Waals surface area (Å²) >= 11 is 4.58. The van der Waals surface area contributed by atoms with Gasteiger partial charge in [-0.25, -0.2) is 10.9 Å². The van der Waals surface area contributed by atoms with Crippen molar-refractivity contribution in [2.75, 3.05) is 7.11 Å². The van der Waals surface area contributed by atoms with Gasteiger partial charge in [0.1, 0.15) is 5.75 Å². The summed E-state index contributed by atoms with van der Waals surface area (Å²) in [7, 11) is 1.51. The molecule has 1 aromatic rings. The number of ether oxygens (including phenoxy) is 1. The number of nitrogens with zero attached hydrogens (tertiary/aromatic N) is 1. The van der Waals surface area contributed by atoms with E-state index in [4.69, 9.17) is 16.3 Å². The molecule has 0 spiro atoms. The number of methoxy groups -OCH3 is 1. The second kappa shape index (κ2) is 4.72. The van der Waals surface area contributed by atoms with Crippen LogP contribution in [0.2, 0.25) is 0 Å². The van der Waals surface area contributed by atoms with E-state index in [1.807, 2.05) is 0 Å². The van der Waals surface area contributed by atoms with Crippen molar-refractivity contribution in [1.82, 2.24) is 5.01 Å². The molecule has 0 aliphatic rings. The highest BCUT2D eigenvalue weighted by Gasteiger charge is 2.14. The van der Waals surface area contributed by atoms with Crippen LogP contribution in [0, 0.1) is 0 Å². The average Bonchev–Trinajstić information content (AvgIpc) is 2.27. The molecule has 1 aromatic carbocycles. The third-order valence-electron chi connectivity index (χ3n) is 1.77. The van der Waals surface area contributed by atoms with Crippen molar-refractivity contribution in [3.8, 4) is 5.75 Å². The molecule has 5 nitrogen and oxygen atoms in total. The van der Waals surface area contributed by atoms with Crippen LogP contribution in [0.3, 0.4) is 0 Å². The minimum absolute atomic E-state index is 0.178. The minimum Gasteiger partial charge on any atom is -0.497 e. The van der Waals surface area contributed by atoms with Crippen molar-refractivity contribution in [3.63, 3.8) is 0 Å². The van der Waals surface area contributed by atoms with Crippen LogP contribution < -0.4 is 16.3 Å². The van der Waals surface area contributed by atoms with E-state index >= 15 is 0 Å². The number of carbonyl (C=O) groups excluding carboxylic acids is 1. The second-order valence-corrected chi connectivity index (χ2v) is 3.16. The van der Waals surface area contributed by atoms with Gasteiger partial charge in [-0.1, -0.05) is 6.07 Å². The summed E-state index contributed by atoms with van der Waals surface area (Å²) in [6.07, 6.45) is 0. The molecule has 0 unspecified atom stereocenters. The molecule has 80 valence electrons. The van der Waals surface area contributed by atoms with Crippen LogP contribution in [0.15, 0.2) is 24.3 Å². The summed E-state index contributed by atoms with van der Waals surface area (Å²) in [5, 5.41) is 0.534. The van der Waals surface area contributed by atoms with Gasteiger partial charge in [0.05, 0.1) is 7.11 Å². The van der Waals surface area contributed by atoms with Crippen LogP contribution in [-0.2, 0) is 0 Å². The summed E-state index contributed by atoms with van der Waals surface area (Å²) < 4.78 is 4.97. The Morgan fingerprint density at radius 2 is 2.20 bits per heavy atom. The van der Waals surface area contributed by atoms with Gasteiger partial charge >= 0.3 is 0 Å². The molecule has 0 saturated carbocycles. The number of amides is 1.